The average Bonchev–Trinajstić information content (AvgIpc) is 2.65. The molecular weight excluding hydrogens is 368 g/mol. The standard InChI is InChI=1S/C21H17ClO3S/c22-16-10-12-17(13-11-16)25-19(21(23)24)14-15-6-4-5-9-20(15)26-18-7-2-1-3-8-18/h1-13,19H,14H2,(H,23,24). The van der Waals surface area contributed by atoms with Gasteiger partial charge in [0.15, 0.2) is 6.10 Å². The van der Waals surface area contributed by atoms with Gasteiger partial charge >= 0.3 is 5.97 Å². The molecule has 0 saturated heterocycles. The lowest BCUT2D eigenvalue weighted by Crippen LogP contribution is -2.29. The lowest BCUT2D eigenvalue weighted by atomic mass is 10.1. The van der Waals surface area contributed by atoms with E-state index < -0.39 is 12.1 Å². The normalized spacial score (nSPS) is 11.7. The SMILES string of the molecule is O=C(O)C(Cc1ccccc1Sc1ccccc1)Oc1ccc(Cl)cc1. The van der Waals surface area contributed by atoms with E-state index in [0.29, 0.717) is 10.8 Å². The highest BCUT2D eigenvalue weighted by molar-refractivity contribution is 7.99. The third-order valence-electron chi connectivity index (χ3n) is 3.72. The molecule has 0 aromatic heterocycles. The number of aliphatic carboxylic acids is 1. The van der Waals surface area contributed by atoms with Crippen molar-refractivity contribution in [2.75, 3.05) is 0 Å². The average molecular weight is 385 g/mol. The van der Waals surface area contributed by atoms with Crippen molar-refractivity contribution in [3.8, 4) is 5.75 Å². The Bertz CT molecular complexity index is 866. The van der Waals surface area contributed by atoms with Crippen molar-refractivity contribution in [2.45, 2.75) is 22.3 Å². The molecule has 5 heteroatoms. The van der Waals surface area contributed by atoms with Crippen LogP contribution in [0.5, 0.6) is 5.75 Å². The second kappa shape index (κ2) is 8.79. The van der Waals surface area contributed by atoms with Gasteiger partial charge < -0.3 is 9.84 Å². The summed E-state index contributed by atoms with van der Waals surface area (Å²) in [5, 5.41) is 10.2. The van der Waals surface area contributed by atoms with Crippen molar-refractivity contribution < 1.29 is 14.6 Å². The fourth-order valence-corrected chi connectivity index (χ4v) is 3.55. The second-order valence-electron chi connectivity index (χ2n) is 5.63. The third-order valence-corrected chi connectivity index (χ3v) is 5.09. The van der Waals surface area contributed by atoms with E-state index in [1.165, 1.54) is 0 Å². The first-order valence-electron chi connectivity index (χ1n) is 8.07. The Balaban J connectivity index is 1.79. The number of hydrogen-bond acceptors (Lipinski definition) is 3. The van der Waals surface area contributed by atoms with E-state index in [2.05, 4.69) is 0 Å². The topological polar surface area (TPSA) is 46.5 Å². The first-order valence-corrected chi connectivity index (χ1v) is 9.27. The number of benzene rings is 3. The highest BCUT2D eigenvalue weighted by Gasteiger charge is 2.21. The van der Waals surface area contributed by atoms with Crippen molar-refractivity contribution in [2.24, 2.45) is 0 Å². The predicted octanol–water partition coefficient (Wildman–Crippen LogP) is 5.57. The summed E-state index contributed by atoms with van der Waals surface area (Å²) in [7, 11) is 0. The Labute approximate surface area is 161 Å². The summed E-state index contributed by atoms with van der Waals surface area (Å²) in [5.74, 6) is -0.519. The molecule has 0 aliphatic heterocycles. The van der Waals surface area contributed by atoms with Gasteiger partial charge in [0, 0.05) is 21.2 Å². The van der Waals surface area contributed by atoms with E-state index in [1.807, 2.05) is 54.6 Å². The Morgan fingerprint density at radius 3 is 2.31 bits per heavy atom. The molecule has 1 N–H and O–H groups in total. The van der Waals surface area contributed by atoms with Crippen LogP contribution in [-0.4, -0.2) is 17.2 Å². The lowest BCUT2D eigenvalue weighted by Gasteiger charge is -2.17. The molecule has 1 unspecified atom stereocenters. The minimum atomic E-state index is -1.00. The molecule has 0 saturated carbocycles. The predicted molar refractivity (Wildman–Crippen MR) is 104 cm³/mol. The Kier molecular flexibility index (Phi) is 6.21. The van der Waals surface area contributed by atoms with Gasteiger partial charge in [0.05, 0.1) is 0 Å². The summed E-state index contributed by atoms with van der Waals surface area (Å²) in [6.45, 7) is 0. The number of ether oxygens (including phenoxy) is 1. The van der Waals surface area contributed by atoms with E-state index in [9.17, 15) is 9.90 Å². The second-order valence-corrected chi connectivity index (χ2v) is 7.18. The summed E-state index contributed by atoms with van der Waals surface area (Å²) in [5.41, 5.74) is 0.933. The zero-order valence-corrected chi connectivity index (χ0v) is 15.4. The molecule has 1 atom stereocenters. The van der Waals surface area contributed by atoms with Crippen LogP contribution in [0, 0.1) is 0 Å². The molecule has 0 amide bonds. The van der Waals surface area contributed by atoms with Gasteiger partial charge in [-0.2, -0.15) is 0 Å². The van der Waals surface area contributed by atoms with Gasteiger partial charge in [-0.3, -0.25) is 0 Å². The summed E-state index contributed by atoms with van der Waals surface area (Å²) in [6.07, 6.45) is -0.706. The lowest BCUT2D eigenvalue weighted by molar-refractivity contribution is -0.145. The van der Waals surface area contributed by atoms with Crippen LogP contribution < -0.4 is 4.74 Å². The quantitative estimate of drug-likeness (QED) is 0.578. The van der Waals surface area contributed by atoms with Crippen molar-refractivity contribution >= 4 is 29.3 Å². The zero-order chi connectivity index (χ0) is 18.4. The summed E-state index contributed by atoms with van der Waals surface area (Å²) >= 11 is 7.47. The number of hydrogen-bond donors (Lipinski definition) is 1. The van der Waals surface area contributed by atoms with Crippen LogP contribution in [0.4, 0.5) is 0 Å². The van der Waals surface area contributed by atoms with Crippen LogP contribution in [-0.2, 0) is 11.2 Å². The summed E-state index contributed by atoms with van der Waals surface area (Å²) < 4.78 is 5.67. The van der Waals surface area contributed by atoms with Crippen LogP contribution in [0.15, 0.2) is 88.7 Å². The number of halogens is 1. The van der Waals surface area contributed by atoms with Gasteiger partial charge in [-0.15, -0.1) is 0 Å². The molecule has 0 heterocycles. The first-order chi connectivity index (χ1) is 12.6. The van der Waals surface area contributed by atoms with E-state index in [0.717, 1.165) is 15.4 Å². The van der Waals surface area contributed by atoms with Crippen molar-refractivity contribution in [3.05, 3.63) is 89.4 Å². The molecule has 0 bridgehead atoms. The van der Waals surface area contributed by atoms with Crippen LogP contribution in [0.1, 0.15) is 5.56 Å². The number of rotatable bonds is 7. The van der Waals surface area contributed by atoms with E-state index in [-0.39, 0.29) is 6.42 Å². The molecular formula is C21H17ClO3S. The smallest absolute Gasteiger partial charge is 0.345 e. The highest BCUT2D eigenvalue weighted by Crippen LogP contribution is 2.31. The molecule has 0 aliphatic rings. The summed E-state index contributed by atoms with van der Waals surface area (Å²) in [6, 6.07) is 24.5. The van der Waals surface area contributed by atoms with E-state index in [4.69, 9.17) is 16.3 Å². The van der Waals surface area contributed by atoms with Crippen molar-refractivity contribution in [1.82, 2.24) is 0 Å². The Hall–Kier alpha value is -2.43. The largest absolute Gasteiger partial charge is 0.478 e. The maximum Gasteiger partial charge on any atom is 0.345 e. The summed E-state index contributed by atoms with van der Waals surface area (Å²) in [4.78, 5) is 13.8. The minimum absolute atomic E-state index is 0.272. The molecule has 3 nitrogen and oxygen atoms in total. The Morgan fingerprint density at radius 1 is 0.962 bits per heavy atom. The van der Waals surface area contributed by atoms with E-state index >= 15 is 0 Å². The molecule has 3 aromatic carbocycles. The van der Waals surface area contributed by atoms with Gasteiger partial charge in [-0.05, 0) is 48.0 Å². The van der Waals surface area contributed by atoms with Gasteiger partial charge in [0.1, 0.15) is 5.75 Å². The minimum Gasteiger partial charge on any atom is -0.478 e. The number of carboxylic acid groups (broad SMARTS) is 1. The number of carboxylic acids is 1. The van der Waals surface area contributed by atoms with Crippen LogP contribution in [0.3, 0.4) is 0 Å². The fraction of sp³-hybridized carbons (Fsp3) is 0.0952. The van der Waals surface area contributed by atoms with Crippen LogP contribution >= 0.6 is 23.4 Å². The van der Waals surface area contributed by atoms with Crippen molar-refractivity contribution in [1.29, 1.82) is 0 Å². The third kappa shape index (κ3) is 5.04. The van der Waals surface area contributed by atoms with Gasteiger partial charge in [-0.1, -0.05) is 59.8 Å². The highest BCUT2D eigenvalue weighted by atomic mass is 35.5. The zero-order valence-electron chi connectivity index (χ0n) is 13.8. The monoisotopic (exact) mass is 384 g/mol. The van der Waals surface area contributed by atoms with Crippen LogP contribution in [0.25, 0.3) is 0 Å². The molecule has 0 spiro atoms. The first kappa shape index (κ1) is 18.4. The molecule has 3 aromatic rings. The number of carbonyl (C=O) groups is 1. The Morgan fingerprint density at radius 2 is 1.62 bits per heavy atom. The maximum absolute atomic E-state index is 11.7. The molecule has 132 valence electrons. The van der Waals surface area contributed by atoms with Gasteiger partial charge in [-0.25, -0.2) is 4.79 Å². The van der Waals surface area contributed by atoms with Gasteiger partial charge in [0.2, 0.25) is 0 Å². The van der Waals surface area contributed by atoms with Crippen molar-refractivity contribution in [3.63, 3.8) is 0 Å². The fourth-order valence-electron chi connectivity index (χ4n) is 2.44. The maximum atomic E-state index is 11.7. The molecule has 0 aliphatic carbocycles. The molecule has 0 radical (unpaired) electrons. The molecule has 3 rings (SSSR count). The molecule has 0 fully saturated rings. The molecule has 26 heavy (non-hydrogen) atoms. The van der Waals surface area contributed by atoms with Gasteiger partial charge in [0.25, 0.3) is 0 Å². The van der Waals surface area contributed by atoms with E-state index in [1.54, 1.807) is 36.0 Å². The van der Waals surface area contributed by atoms with Crippen LogP contribution in [0.2, 0.25) is 5.02 Å².